The number of hydrogen-bond donors (Lipinski definition) is 2. The van der Waals surface area contributed by atoms with Gasteiger partial charge in [0.2, 0.25) is 0 Å². The topological polar surface area (TPSA) is 44.1 Å². The van der Waals surface area contributed by atoms with Gasteiger partial charge in [-0.2, -0.15) is 0 Å². The van der Waals surface area contributed by atoms with Crippen molar-refractivity contribution in [1.29, 1.82) is 5.41 Å². The summed E-state index contributed by atoms with van der Waals surface area (Å²) in [4.78, 5) is 0. The summed E-state index contributed by atoms with van der Waals surface area (Å²) in [5.41, 5.74) is 0.102. The van der Waals surface area contributed by atoms with Crippen LogP contribution in [0.15, 0.2) is 16.6 Å². The third-order valence-electron chi connectivity index (χ3n) is 1.31. The first-order valence-electron chi connectivity index (χ1n) is 2.95. The van der Waals surface area contributed by atoms with E-state index >= 15 is 0 Å². The average Bonchev–Trinajstić information content (AvgIpc) is 2.00. The fraction of sp³-hybridized carbons (Fsp3) is 0. The minimum Gasteiger partial charge on any atom is -0.506 e. The molecule has 0 unspecified atom stereocenters. The Morgan fingerprint density at radius 2 is 2.17 bits per heavy atom. The number of hydrogen-bond acceptors (Lipinski definition) is 2. The lowest BCUT2D eigenvalue weighted by Crippen LogP contribution is -1.91. The Morgan fingerprint density at radius 1 is 1.58 bits per heavy atom. The summed E-state index contributed by atoms with van der Waals surface area (Å²) in [5.74, 6) is -0.941. The zero-order valence-electron chi connectivity index (χ0n) is 5.74. The molecule has 0 aliphatic carbocycles. The molecule has 0 fully saturated rings. The van der Waals surface area contributed by atoms with E-state index in [0.717, 1.165) is 6.07 Å². The number of benzene rings is 1. The zero-order valence-corrected chi connectivity index (χ0v) is 8.08. The monoisotopic (exact) mass is 251 g/mol. The van der Waals surface area contributed by atoms with Crippen molar-refractivity contribution in [1.82, 2.24) is 0 Å². The third-order valence-corrected chi connectivity index (χ3v) is 2.26. The lowest BCUT2D eigenvalue weighted by Gasteiger charge is -2.03. The summed E-state index contributed by atoms with van der Waals surface area (Å²) in [6.07, 6.45) is 0. The van der Waals surface area contributed by atoms with Crippen molar-refractivity contribution >= 4 is 32.7 Å². The Bertz CT molecular complexity index is 342. The molecule has 0 bridgehead atoms. The first-order chi connectivity index (χ1) is 5.54. The van der Waals surface area contributed by atoms with Crippen LogP contribution in [0.2, 0.25) is 0 Å². The van der Waals surface area contributed by atoms with E-state index in [4.69, 9.17) is 17.0 Å². The smallest absolute Gasteiger partial charge is 0.143 e. The molecule has 2 nitrogen and oxygen atoms in total. The standard InChI is InChI=1S/C7H4BrClFNO/c8-5-4(10)2-1-3(6(5)12)7(9)11/h1-2,11-12H. The number of aromatic hydroxyl groups is 1. The molecule has 0 aliphatic rings. The van der Waals surface area contributed by atoms with Gasteiger partial charge in [0, 0.05) is 0 Å². The van der Waals surface area contributed by atoms with Crippen LogP contribution in [0.3, 0.4) is 0 Å². The normalized spacial score (nSPS) is 9.92. The van der Waals surface area contributed by atoms with Crippen LogP contribution in [0.1, 0.15) is 5.56 Å². The molecule has 0 saturated carbocycles. The van der Waals surface area contributed by atoms with Crippen molar-refractivity contribution in [2.45, 2.75) is 0 Å². The van der Waals surface area contributed by atoms with Crippen molar-refractivity contribution in [3.05, 3.63) is 28.0 Å². The molecular formula is C7H4BrClFNO. The summed E-state index contributed by atoms with van der Waals surface area (Å²) in [5, 5.41) is 15.9. The van der Waals surface area contributed by atoms with Crippen molar-refractivity contribution in [3.63, 3.8) is 0 Å². The van der Waals surface area contributed by atoms with Crippen LogP contribution in [0.5, 0.6) is 5.75 Å². The van der Waals surface area contributed by atoms with Gasteiger partial charge in [0.1, 0.15) is 16.7 Å². The predicted octanol–water partition coefficient (Wildman–Crippen LogP) is 2.86. The van der Waals surface area contributed by atoms with Crippen LogP contribution in [-0.4, -0.2) is 10.3 Å². The van der Waals surface area contributed by atoms with Crippen LogP contribution in [0.25, 0.3) is 0 Å². The minimum atomic E-state index is -0.589. The first kappa shape index (κ1) is 9.48. The molecule has 64 valence electrons. The van der Waals surface area contributed by atoms with Crippen LogP contribution < -0.4 is 0 Å². The van der Waals surface area contributed by atoms with E-state index in [9.17, 15) is 9.50 Å². The van der Waals surface area contributed by atoms with Gasteiger partial charge in [-0.1, -0.05) is 11.6 Å². The molecule has 1 rings (SSSR count). The zero-order chi connectivity index (χ0) is 9.30. The van der Waals surface area contributed by atoms with Crippen LogP contribution in [-0.2, 0) is 0 Å². The molecule has 0 atom stereocenters. The third kappa shape index (κ3) is 1.59. The Morgan fingerprint density at radius 3 is 2.67 bits per heavy atom. The highest BCUT2D eigenvalue weighted by molar-refractivity contribution is 9.10. The van der Waals surface area contributed by atoms with Gasteiger partial charge in [0.25, 0.3) is 0 Å². The highest BCUT2D eigenvalue weighted by Crippen LogP contribution is 2.30. The maximum absolute atomic E-state index is 12.7. The van der Waals surface area contributed by atoms with E-state index < -0.39 is 5.82 Å². The predicted molar refractivity (Wildman–Crippen MR) is 48.4 cm³/mol. The quantitative estimate of drug-likeness (QED) is 0.742. The molecule has 5 heteroatoms. The van der Waals surface area contributed by atoms with Gasteiger partial charge in [0.15, 0.2) is 0 Å². The first-order valence-corrected chi connectivity index (χ1v) is 4.12. The van der Waals surface area contributed by atoms with E-state index in [1.54, 1.807) is 0 Å². The molecule has 1 aromatic rings. The second-order valence-electron chi connectivity index (χ2n) is 2.07. The molecule has 12 heavy (non-hydrogen) atoms. The van der Waals surface area contributed by atoms with Crippen molar-refractivity contribution in [3.8, 4) is 5.75 Å². The molecule has 0 amide bonds. The molecule has 0 spiro atoms. The van der Waals surface area contributed by atoms with Gasteiger partial charge >= 0.3 is 0 Å². The molecule has 1 aromatic carbocycles. The fourth-order valence-corrected chi connectivity index (χ4v) is 1.22. The van der Waals surface area contributed by atoms with E-state index in [0.29, 0.717) is 0 Å². The van der Waals surface area contributed by atoms with Gasteiger partial charge < -0.3 is 5.11 Å². The lowest BCUT2D eigenvalue weighted by atomic mass is 10.2. The minimum absolute atomic E-state index is 0.0783. The van der Waals surface area contributed by atoms with Crippen LogP contribution >= 0.6 is 27.5 Å². The molecule has 0 aromatic heterocycles. The fourth-order valence-electron chi connectivity index (χ4n) is 0.717. The van der Waals surface area contributed by atoms with E-state index in [2.05, 4.69) is 15.9 Å². The molecule has 0 saturated heterocycles. The number of phenols is 1. The summed E-state index contributed by atoms with van der Waals surface area (Å²) in [7, 11) is 0. The second kappa shape index (κ2) is 3.41. The highest BCUT2D eigenvalue weighted by atomic mass is 79.9. The van der Waals surface area contributed by atoms with Crippen molar-refractivity contribution in [2.24, 2.45) is 0 Å². The number of rotatable bonds is 1. The number of phenolic OH excluding ortho intramolecular Hbond substituents is 1. The number of nitrogens with one attached hydrogen (secondary N) is 1. The SMILES string of the molecule is N=C(Cl)c1ccc(F)c(Br)c1O. The Labute approximate surface area is 81.6 Å². The summed E-state index contributed by atoms with van der Waals surface area (Å²) < 4.78 is 12.6. The molecule has 0 heterocycles. The van der Waals surface area contributed by atoms with Crippen LogP contribution in [0, 0.1) is 11.2 Å². The molecule has 0 radical (unpaired) electrons. The van der Waals surface area contributed by atoms with Gasteiger partial charge in [-0.05, 0) is 28.1 Å². The lowest BCUT2D eigenvalue weighted by molar-refractivity contribution is 0.463. The Hall–Kier alpha value is -0.610. The van der Waals surface area contributed by atoms with E-state index in [1.807, 2.05) is 0 Å². The van der Waals surface area contributed by atoms with E-state index in [-0.39, 0.29) is 21.0 Å². The highest BCUT2D eigenvalue weighted by Gasteiger charge is 2.11. The average molecular weight is 252 g/mol. The number of halogens is 3. The van der Waals surface area contributed by atoms with Gasteiger partial charge in [-0.25, -0.2) is 4.39 Å². The van der Waals surface area contributed by atoms with Gasteiger partial charge in [-0.3, -0.25) is 5.41 Å². The largest absolute Gasteiger partial charge is 0.506 e. The molecule has 2 N–H and O–H groups in total. The van der Waals surface area contributed by atoms with Crippen molar-refractivity contribution in [2.75, 3.05) is 0 Å². The maximum Gasteiger partial charge on any atom is 0.143 e. The molecule has 0 aliphatic heterocycles. The van der Waals surface area contributed by atoms with E-state index in [1.165, 1.54) is 6.07 Å². The van der Waals surface area contributed by atoms with Gasteiger partial charge in [0.05, 0.1) is 10.0 Å². The summed E-state index contributed by atoms with van der Waals surface area (Å²) in [6, 6.07) is 2.36. The maximum atomic E-state index is 12.7. The Kier molecular flexibility index (Phi) is 2.69. The second-order valence-corrected chi connectivity index (χ2v) is 3.24. The Balaban J connectivity index is 3.36. The summed E-state index contributed by atoms with van der Waals surface area (Å²) in [6.45, 7) is 0. The van der Waals surface area contributed by atoms with Crippen molar-refractivity contribution < 1.29 is 9.50 Å². The summed E-state index contributed by atoms with van der Waals surface area (Å²) >= 11 is 8.13. The van der Waals surface area contributed by atoms with Crippen LogP contribution in [0.4, 0.5) is 4.39 Å². The molecular weight excluding hydrogens is 248 g/mol. The van der Waals surface area contributed by atoms with Gasteiger partial charge in [-0.15, -0.1) is 0 Å².